The van der Waals surface area contributed by atoms with Crippen molar-refractivity contribution in [3.8, 4) is 17.1 Å². The number of piperidine rings is 1. The predicted octanol–water partition coefficient (Wildman–Crippen LogP) is 3.99. The molecule has 2 aliphatic carbocycles. The van der Waals surface area contributed by atoms with E-state index in [2.05, 4.69) is 20.5 Å². The molecule has 9 nitrogen and oxygen atoms in total. The second-order valence-corrected chi connectivity index (χ2v) is 11.1. The van der Waals surface area contributed by atoms with E-state index in [1.165, 1.54) is 19.2 Å². The van der Waals surface area contributed by atoms with Crippen LogP contribution in [0, 0.1) is 11.7 Å². The molecule has 2 aromatic rings. The standard InChI is InChI=1S/C26H29F6N5O4/c1-41-20-10-16(17(27)13-33-20)18-11-19(36-35-18)22(39)37-9-4-14(12-23(37)7-8-23)21(38)34-15-2-5-24(40,6-3-15)25(28,29)26(30,31)32/h10-11,13-15,40H,2-9,12H2,1H3,(H,34,38)(H,35,36)/t14-,15-,24-/m0/s1. The lowest BCUT2D eigenvalue weighted by atomic mass is 9.77. The topological polar surface area (TPSA) is 120 Å². The lowest BCUT2D eigenvalue weighted by Crippen LogP contribution is -2.60. The molecule has 1 aliphatic heterocycles. The highest BCUT2D eigenvalue weighted by atomic mass is 19.4. The minimum absolute atomic E-state index is 0.0784. The third-order valence-electron chi connectivity index (χ3n) is 8.57. The molecule has 1 saturated heterocycles. The molecule has 41 heavy (non-hydrogen) atoms. The number of carbonyl (C=O) groups is 2. The number of ether oxygens (including phenoxy) is 1. The quantitative estimate of drug-likeness (QED) is 0.439. The average molecular weight is 590 g/mol. The van der Waals surface area contributed by atoms with Crippen molar-refractivity contribution >= 4 is 11.8 Å². The van der Waals surface area contributed by atoms with Gasteiger partial charge in [0.05, 0.1) is 19.0 Å². The van der Waals surface area contributed by atoms with Crippen LogP contribution in [0.4, 0.5) is 26.3 Å². The van der Waals surface area contributed by atoms with E-state index < -0.39 is 53.9 Å². The maximum absolute atomic E-state index is 14.3. The molecule has 0 aromatic carbocycles. The lowest BCUT2D eigenvalue weighted by molar-refractivity contribution is -0.347. The van der Waals surface area contributed by atoms with E-state index in [0.29, 0.717) is 25.7 Å². The normalized spacial score (nSPS) is 26.1. The minimum Gasteiger partial charge on any atom is -0.481 e. The monoisotopic (exact) mass is 589 g/mol. The molecule has 1 spiro atoms. The van der Waals surface area contributed by atoms with Crippen LogP contribution in [0.5, 0.6) is 5.88 Å². The van der Waals surface area contributed by atoms with Crippen molar-refractivity contribution in [2.24, 2.45) is 5.92 Å². The van der Waals surface area contributed by atoms with Crippen molar-refractivity contribution < 1.29 is 45.8 Å². The first-order valence-corrected chi connectivity index (χ1v) is 13.2. The van der Waals surface area contributed by atoms with Crippen molar-refractivity contribution in [3.05, 3.63) is 29.8 Å². The highest BCUT2D eigenvalue weighted by molar-refractivity contribution is 5.94. The first kappa shape index (κ1) is 29.1. The van der Waals surface area contributed by atoms with E-state index >= 15 is 0 Å². The molecule has 1 atom stereocenters. The van der Waals surface area contributed by atoms with E-state index in [0.717, 1.165) is 6.20 Å². The summed E-state index contributed by atoms with van der Waals surface area (Å²) in [6.45, 7) is 0.249. The number of aromatic amines is 1. The number of aliphatic hydroxyl groups is 1. The maximum Gasteiger partial charge on any atom is 0.456 e. The number of alkyl halides is 5. The second-order valence-electron chi connectivity index (χ2n) is 11.1. The molecule has 2 aromatic heterocycles. The molecular weight excluding hydrogens is 560 g/mol. The zero-order valence-corrected chi connectivity index (χ0v) is 22.0. The van der Waals surface area contributed by atoms with Crippen LogP contribution >= 0.6 is 0 Å². The Hall–Kier alpha value is -3.36. The largest absolute Gasteiger partial charge is 0.481 e. The highest BCUT2D eigenvalue weighted by Gasteiger charge is 2.69. The van der Waals surface area contributed by atoms with Crippen LogP contribution in [0.2, 0.25) is 0 Å². The van der Waals surface area contributed by atoms with Gasteiger partial charge in [0.25, 0.3) is 5.91 Å². The average Bonchev–Trinajstić information content (AvgIpc) is 3.50. The zero-order valence-electron chi connectivity index (χ0n) is 22.0. The van der Waals surface area contributed by atoms with Crippen LogP contribution in [0.1, 0.15) is 61.9 Å². The van der Waals surface area contributed by atoms with E-state index in [1.807, 2.05) is 0 Å². The van der Waals surface area contributed by atoms with Crippen molar-refractivity contribution in [2.45, 2.75) is 80.6 Å². The molecule has 224 valence electrons. The van der Waals surface area contributed by atoms with Gasteiger partial charge in [0, 0.05) is 35.7 Å². The Balaban J connectivity index is 1.19. The second kappa shape index (κ2) is 10.2. The van der Waals surface area contributed by atoms with Crippen LogP contribution in [0.15, 0.2) is 18.3 Å². The van der Waals surface area contributed by atoms with E-state index in [1.54, 1.807) is 4.90 Å². The van der Waals surface area contributed by atoms with E-state index in [4.69, 9.17) is 4.74 Å². The zero-order chi connectivity index (χ0) is 29.8. The number of nitrogens with one attached hydrogen (secondary N) is 2. The first-order chi connectivity index (χ1) is 19.2. The van der Waals surface area contributed by atoms with Crippen LogP contribution in [-0.2, 0) is 4.79 Å². The third kappa shape index (κ3) is 5.24. The number of carbonyl (C=O) groups excluding carboxylic acids is 2. The Morgan fingerprint density at radius 2 is 1.80 bits per heavy atom. The van der Waals surface area contributed by atoms with Gasteiger partial charge in [-0.3, -0.25) is 14.7 Å². The molecular formula is C26H29F6N5O4. The highest BCUT2D eigenvalue weighted by Crippen LogP contribution is 2.51. The fourth-order valence-electron chi connectivity index (χ4n) is 5.93. The molecule has 0 bridgehead atoms. The van der Waals surface area contributed by atoms with Gasteiger partial charge in [-0.1, -0.05) is 0 Å². The van der Waals surface area contributed by atoms with E-state index in [-0.39, 0.29) is 54.0 Å². The maximum atomic E-state index is 14.3. The summed E-state index contributed by atoms with van der Waals surface area (Å²) in [4.78, 5) is 31.8. The number of methoxy groups -OCH3 is 1. The van der Waals surface area contributed by atoms with Gasteiger partial charge in [-0.05, 0) is 57.4 Å². The Kier molecular flexibility index (Phi) is 7.23. The summed E-state index contributed by atoms with van der Waals surface area (Å²) in [7, 11) is 1.39. The van der Waals surface area contributed by atoms with Gasteiger partial charge in [-0.25, -0.2) is 9.37 Å². The molecule has 2 amide bonds. The number of aromatic nitrogens is 3. The Morgan fingerprint density at radius 3 is 2.41 bits per heavy atom. The van der Waals surface area contributed by atoms with Crippen molar-refractivity contribution in [2.75, 3.05) is 13.7 Å². The van der Waals surface area contributed by atoms with Crippen molar-refractivity contribution in [1.82, 2.24) is 25.4 Å². The number of halogens is 6. The van der Waals surface area contributed by atoms with E-state index in [9.17, 15) is 41.0 Å². The van der Waals surface area contributed by atoms with Gasteiger partial charge >= 0.3 is 12.1 Å². The molecule has 3 N–H and O–H groups in total. The molecule has 0 unspecified atom stereocenters. The number of rotatable bonds is 6. The number of hydrogen-bond acceptors (Lipinski definition) is 6. The van der Waals surface area contributed by atoms with Gasteiger partial charge in [-0.15, -0.1) is 0 Å². The molecule has 3 aliphatic rings. The molecule has 3 fully saturated rings. The smallest absolute Gasteiger partial charge is 0.456 e. The van der Waals surface area contributed by atoms with Crippen molar-refractivity contribution in [1.29, 1.82) is 0 Å². The van der Waals surface area contributed by atoms with Gasteiger partial charge in [0.1, 0.15) is 5.60 Å². The summed E-state index contributed by atoms with van der Waals surface area (Å²) in [5, 5.41) is 19.5. The number of pyridine rings is 1. The van der Waals surface area contributed by atoms with Gasteiger partial charge < -0.3 is 20.1 Å². The molecule has 0 radical (unpaired) electrons. The Labute approximate surface area is 230 Å². The van der Waals surface area contributed by atoms with Gasteiger partial charge in [0.15, 0.2) is 11.5 Å². The molecule has 3 heterocycles. The summed E-state index contributed by atoms with van der Waals surface area (Å²) in [5.41, 5.74) is -3.29. The third-order valence-corrected chi connectivity index (χ3v) is 8.57. The fourth-order valence-corrected chi connectivity index (χ4v) is 5.93. The van der Waals surface area contributed by atoms with Crippen LogP contribution in [0.25, 0.3) is 11.3 Å². The summed E-state index contributed by atoms with van der Waals surface area (Å²) in [6, 6.07) is 2.16. The molecule has 2 saturated carbocycles. The number of likely N-dealkylation sites (tertiary alicyclic amines) is 1. The SMILES string of the molecule is COc1cc(-c2cc(C(=O)N3CC[C@H](C(=O)N[C@H]4CC[C@@](O)(C(F)(F)C(F)(F)F)CC4)CC34CC4)n[nH]2)c(F)cn1. The van der Waals surface area contributed by atoms with Crippen LogP contribution in [-0.4, -0.2) is 79.9 Å². The first-order valence-electron chi connectivity index (χ1n) is 13.2. The Bertz CT molecular complexity index is 1320. The van der Waals surface area contributed by atoms with Gasteiger partial charge in [0.2, 0.25) is 11.8 Å². The number of H-pyrrole nitrogens is 1. The van der Waals surface area contributed by atoms with Gasteiger partial charge in [-0.2, -0.15) is 27.1 Å². The summed E-state index contributed by atoms with van der Waals surface area (Å²) >= 11 is 0. The summed E-state index contributed by atoms with van der Waals surface area (Å²) < 4.78 is 85.3. The van der Waals surface area contributed by atoms with Crippen LogP contribution in [0.3, 0.4) is 0 Å². The predicted molar refractivity (Wildman–Crippen MR) is 130 cm³/mol. The summed E-state index contributed by atoms with van der Waals surface area (Å²) in [6.07, 6.45) is -4.91. The van der Waals surface area contributed by atoms with Crippen molar-refractivity contribution in [3.63, 3.8) is 0 Å². The summed E-state index contributed by atoms with van der Waals surface area (Å²) in [5.74, 6) is -6.90. The minimum atomic E-state index is -5.87. The molecule has 15 heteroatoms. The van der Waals surface area contributed by atoms with Crippen LogP contribution < -0.4 is 10.1 Å². The number of amides is 2. The number of hydrogen-bond donors (Lipinski definition) is 3. The number of nitrogens with zero attached hydrogens (tertiary/aromatic N) is 3. The molecule has 5 rings (SSSR count). The lowest BCUT2D eigenvalue weighted by Gasteiger charge is -2.42. The Morgan fingerprint density at radius 1 is 1.12 bits per heavy atom. The fraction of sp³-hybridized carbons (Fsp3) is 0.615.